The van der Waals surface area contributed by atoms with Gasteiger partial charge in [0.2, 0.25) is 0 Å². The van der Waals surface area contributed by atoms with Crippen LogP contribution in [0.3, 0.4) is 0 Å². The second kappa shape index (κ2) is 5.12. The third-order valence-corrected chi connectivity index (χ3v) is 2.55. The van der Waals surface area contributed by atoms with Crippen molar-refractivity contribution in [1.29, 1.82) is 0 Å². The minimum Gasteiger partial charge on any atom is -0.481 e. The van der Waals surface area contributed by atoms with E-state index in [2.05, 4.69) is 5.10 Å². The zero-order valence-corrected chi connectivity index (χ0v) is 9.90. The van der Waals surface area contributed by atoms with Gasteiger partial charge in [-0.1, -0.05) is 13.8 Å². The van der Waals surface area contributed by atoms with E-state index in [1.54, 1.807) is 4.68 Å². The summed E-state index contributed by atoms with van der Waals surface area (Å²) in [6.45, 7) is 6.22. The predicted molar refractivity (Wildman–Crippen MR) is 59.5 cm³/mol. The molecule has 0 saturated carbocycles. The predicted octanol–water partition coefficient (Wildman–Crippen LogP) is 0.934. The Balaban J connectivity index is 3.14. The van der Waals surface area contributed by atoms with E-state index >= 15 is 0 Å². The van der Waals surface area contributed by atoms with Crippen molar-refractivity contribution in [1.82, 2.24) is 9.78 Å². The number of hydrogen-bond acceptors (Lipinski definition) is 3. The largest absolute Gasteiger partial charge is 0.481 e. The number of hydrogen-bond donors (Lipinski definition) is 2. The molecule has 0 aliphatic carbocycles. The number of aromatic nitrogens is 2. The zero-order valence-electron chi connectivity index (χ0n) is 9.90. The molecule has 1 rings (SSSR count). The van der Waals surface area contributed by atoms with Gasteiger partial charge in [0.1, 0.15) is 0 Å². The van der Waals surface area contributed by atoms with E-state index in [4.69, 9.17) is 10.2 Å². The lowest BCUT2D eigenvalue weighted by molar-refractivity contribution is -0.136. The van der Waals surface area contributed by atoms with Gasteiger partial charge in [-0.05, 0) is 12.8 Å². The third kappa shape index (κ3) is 2.61. The molecular weight excluding hydrogens is 208 g/mol. The van der Waals surface area contributed by atoms with Gasteiger partial charge in [-0.3, -0.25) is 9.48 Å². The van der Waals surface area contributed by atoms with Crippen LogP contribution in [0.4, 0.5) is 0 Å². The number of carboxylic acids is 1. The molecule has 0 atom stereocenters. The molecule has 0 unspecified atom stereocenters. The molecule has 2 N–H and O–H groups in total. The van der Waals surface area contributed by atoms with Crippen LogP contribution in [0, 0.1) is 6.92 Å². The van der Waals surface area contributed by atoms with Crippen LogP contribution < -0.4 is 0 Å². The van der Waals surface area contributed by atoms with Gasteiger partial charge in [-0.2, -0.15) is 5.10 Å². The summed E-state index contributed by atoms with van der Waals surface area (Å²) in [4.78, 5) is 10.8. The highest BCUT2D eigenvalue weighted by Crippen LogP contribution is 2.22. The van der Waals surface area contributed by atoms with Gasteiger partial charge in [0.25, 0.3) is 0 Å². The molecule has 0 bridgehead atoms. The van der Waals surface area contributed by atoms with E-state index in [-0.39, 0.29) is 18.9 Å². The van der Waals surface area contributed by atoms with Crippen molar-refractivity contribution in [2.45, 2.75) is 39.7 Å². The van der Waals surface area contributed by atoms with Crippen molar-refractivity contribution in [3.8, 4) is 0 Å². The highest BCUT2D eigenvalue weighted by molar-refractivity contribution is 5.71. The van der Waals surface area contributed by atoms with Crippen LogP contribution in [0.1, 0.15) is 36.7 Å². The molecule has 0 amide bonds. The Hall–Kier alpha value is -1.36. The first-order valence-electron chi connectivity index (χ1n) is 5.36. The van der Waals surface area contributed by atoms with Gasteiger partial charge in [0.15, 0.2) is 0 Å². The van der Waals surface area contributed by atoms with E-state index in [9.17, 15) is 4.79 Å². The number of aliphatic hydroxyl groups excluding tert-OH is 1. The molecule has 1 aromatic heterocycles. The number of carboxylic acid groups (broad SMARTS) is 1. The summed E-state index contributed by atoms with van der Waals surface area (Å²) in [6, 6.07) is 0. The highest BCUT2D eigenvalue weighted by atomic mass is 16.4. The van der Waals surface area contributed by atoms with Crippen LogP contribution in [0.25, 0.3) is 0 Å². The average Bonchev–Trinajstić information content (AvgIpc) is 2.46. The fraction of sp³-hybridized carbons (Fsp3) is 0.636. The maximum Gasteiger partial charge on any atom is 0.307 e. The molecule has 0 aliphatic heterocycles. The van der Waals surface area contributed by atoms with E-state index in [1.165, 1.54) is 0 Å². The van der Waals surface area contributed by atoms with Crippen LogP contribution >= 0.6 is 0 Å². The molecule has 0 spiro atoms. The first kappa shape index (κ1) is 12.7. The molecule has 16 heavy (non-hydrogen) atoms. The fourth-order valence-electron chi connectivity index (χ4n) is 1.75. The monoisotopic (exact) mass is 226 g/mol. The summed E-state index contributed by atoms with van der Waals surface area (Å²) in [5.74, 6) is -0.665. The molecule has 0 aliphatic rings. The van der Waals surface area contributed by atoms with Crippen molar-refractivity contribution < 1.29 is 15.0 Å². The topological polar surface area (TPSA) is 75.3 Å². The van der Waals surface area contributed by atoms with Gasteiger partial charge < -0.3 is 10.2 Å². The smallest absolute Gasteiger partial charge is 0.307 e. The summed E-state index contributed by atoms with van der Waals surface area (Å²) in [5.41, 5.74) is 2.42. The zero-order chi connectivity index (χ0) is 12.3. The Labute approximate surface area is 94.7 Å². The van der Waals surface area contributed by atoms with E-state index in [1.807, 2.05) is 20.8 Å². The summed E-state index contributed by atoms with van der Waals surface area (Å²) >= 11 is 0. The van der Waals surface area contributed by atoms with Crippen molar-refractivity contribution in [3.05, 3.63) is 17.0 Å². The van der Waals surface area contributed by atoms with Crippen molar-refractivity contribution in [2.24, 2.45) is 0 Å². The molecule has 0 saturated heterocycles. The van der Waals surface area contributed by atoms with E-state index < -0.39 is 5.97 Å². The number of nitrogens with zero attached hydrogens (tertiary/aromatic N) is 2. The molecule has 1 aromatic rings. The summed E-state index contributed by atoms with van der Waals surface area (Å²) < 4.78 is 1.67. The minimum absolute atomic E-state index is 0.00651. The van der Waals surface area contributed by atoms with Crippen LogP contribution in [0.2, 0.25) is 0 Å². The maximum absolute atomic E-state index is 10.8. The van der Waals surface area contributed by atoms with Gasteiger partial charge >= 0.3 is 5.97 Å². The van der Waals surface area contributed by atoms with Crippen LogP contribution in [-0.4, -0.2) is 32.6 Å². The van der Waals surface area contributed by atoms with Gasteiger partial charge in [0, 0.05) is 11.3 Å². The Morgan fingerprint density at radius 2 is 2.12 bits per heavy atom. The highest BCUT2D eigenvalue weighted by Gasteiger charge is 2.18. The molecule has 5 nitrogen and oxygen atoms in total. The normalized spacial score (nSPS) is 11.1. The van der Waals surface area contributed by atoms with Gasteiger partial charge in [0.05, 0.1) is 25.3 Å². The molecule has 5 heteroatoms. The van der Waals surface area contributed by atoms with Gasteiger partial charge in [-0.25, -0.2) is 0 Å². The lowest BCUT2D eigenvalue weighted by Crippen LogP contribution is -2.07. The lowest BCUT2D eigenvalue weighted by Gasteiger charge is -2.03. The molecular formula is C11H18N2O3. The molecule has 90 valence electrons. The summed E-state index contributed by atoms with van der Waals surface area (Å²) in [6.07, 6.45) is -0.00915. The van der Waals surface area contributed by atoms with Crippen LogP contribution in [0.5, 0.6) is 0 Å². The molecule has 0 fully saturated rings. The Kier molecular flexibility index (Phi) is 4.06. The SMILES string of the molecule is Cc1c(CC(=O)O)c(C(C)C)nn1CCO. The molecule has 0 radical (unpaired) electrons. The average molecular weight is 226 g/mol. The number of aliphatic hydroxyl groups is 1. The Morgan fingerprint density at radius 3 is 2.56 bits per heavy atom. The number of carbonyl (C=O) groups is 1. The Morgan fingerprint density at radius 1 is 1.50 bits per heavy atom. The Bertz CT molecular complexity index is 383. The second-order valence-electron chi connectivity index (χ2n) is 4.12. The lowest BCUT2D eigenvalue weighted by atomic mass is 10.0. The minimum atomic E-state index is -0.853. The van der Waals surface area contributed by atoms with Gasteiger partial charge in [-0.15, -0.1) is 0 Å². The third-order valence-electron chi connectivity index (χ3n) is 2.55. The quantitative estimate of drug-likeness (QED) is 0.783. The fourth-order valence-corrected chi connectivity index (χ4v) is 1.75. The maximum atomic E-state index is 10.8. The van der Waals surface area contributed by atoms with E-state index in [0.717, 1.165) is 17.0 Å². The molecule has 1 heterocycles. The van der Waals surface area contributed by atoms with Crippen LogP contribution in [-0.2, 0) is 17.8 Å². The molecule has 0 aromatic carbocycles. The first-order valence-corrected chi connectivity index (χ1v) is 5.36. The summed E-state index contributed by atoms with van der Waals surface area (Å²) in [5, 5.41) is 22.1. The van der Waals surface area contributed by atoms with Crippen molar-refractivity contribution >= 4 is 5.97 Å². The number of aliphatic carboxylic acids is 1. The van der Waals surface area contributed by atoms with Crippen molar-refractivity contribution in [2.75, 3.05) is 6.61 Å². The standard InChI is InChI=1S/C11H18N2O3/c1-7(2)11-9(6-10(15)16)8(3)13(12-11)4-5-14/h7,14H,4-6H2,1-3H3,(H,15,16). The van der Waals surface area contributed by atoms with Crippen LogP contribution in [0.15, 0.2) is 0 Å². The second-order valence-corrected chi connectivity index (χ2v) is 4.12. The number of rotatable bonds is 5. The first-order chi connectivity index (χ1) is 7.47. The van der Waals surface area contributed by atoms with Crippen molar-refractivity contribution in [3.63, 3.8) is 0 Å². The summed E-state index contributed by atoms with van der Waals surface area (Å²) in [7, 11) is 0. The van der Waals surface area contributed by atoms with E-state index in [0.29, 0.717) is 6.54 Å².